The van der Waals surface area contributed by atoms with Gasteiger partial charge in [-0.15, -0.1) is 0 Å². The maximum atomic E-state index is 11.6. The minimum absolute atomic E-state index is 0.176. The summed E-state index contributed by atoms with van der Waals surface area (Å²) in [6.07, 6.45) is 4.69. The predicted octanol–water partition coefficient (Wildman–Crippen LogP) is 1.18. The van der Waals surface area contributed by atoms with Crippen molar-refractivity contribution >= 4 is 29.3 Å². The average Bonchev–Trinajstić information content (AvgIpc) is 2.39. The Morgan fingerprint density at radius 2 is 2.06 bits per heavy atom. The molecule has 0 saturated heterocycles. The fourth-order valence-electron chi connectivity index (χ4n) is 1.14. The molecule has 18 heavy (non-hydrogen) atoms. The lowest BCUT2D eigenvalue weighted by Crippen LogP contribution is -2.15. The van der Waals surface area contributed by atoms with Crippen LogP contribution in [-0.4, -0.2) is 26.6 Å². The molecule has 0 fully saturated rings. The molecule has 92 valence electrons. The summed E-state index contributed by atoms with van der Waals surface area (Å²) in [5.74, 6) is 0.369. The van der Waals surface area contributed by atoms with Gasteiger partial charge in [-0.1, -0.05) is 11.8 Å². The molecule has 0 unspecified atom stereocenters. The molecule has 0 saturated carbocycles. The summed E-state index contributed by atoms with van der Waals surface area (Å²) < 4.78 is 0. The highest BCUT2D eigenvalue weighted by Gasteiger charge is 2.05. The van der Waals surface area contributed by atoms with E-state index in [9.17, 15) is 4.79 Å². The molecule has 7 heteroatoms. The van der Waals surface area contributed by atoms with Gasteiger partial charge < -0.3 is 5.73 Å². The van der Waals surface area contributed by atoms with Crippen molar-refractivity contribution in [2.75, 3.05) is 16.8 Å². The third-order valence-electron chi connectivity index (χ3n) is 1.93. The zero-order valence-electron chi connectivity index (χ0n) is 9.41. The molecule has 0 aromatic carbocycles. The molecule has 0 atom stereocenters. The summed E-state index contributed by atoms with van der Waals surface area (Å²) >= 11 is 1.32. The van der Waals surface area contributed by atoms with E-state index in [1.807, 2.05) is 0 Å². The number of carbonyl (C=O) groups is 1. The Morgan fingerprint density at radius 1 is 1.28 bits per heavy atom. The number of hydrogen-bond acceptors (Lipinski definition) is 6. The number of amides is 1. The Kier molecular flexibility index (Phi) is 4.08. The Morgan fingerprint density at radius 3 is 2.72 bits per heavy atom. The monoisotopic (exact) mass is 261 g/mol. The van der Waals surface area contributed by atoms with E-state index >= 15 is 0 Å². The first-order chi connectivity index (χ1) is 8.74. The maximum absolute atomic E-state index is 11.6. The lowest BCUT2D eigenvalue weighted by Gasteiger charge is -2.02. The van der Waals surface area contributed by atoms with Gasteiger partial charge in [0.25, 0.3) is 0 Å². The summed E-state index contributed by atoms with van der Waals surface area (Å²) in [6.45, 7) is 0. The van der Waals surface area contributed by atoms with Crippen molar-refractivity contribution in [2.45, 2.75) is 5.03 Å². The van der Waals surface area contributed by atoms with Crippen molar-refractivity contribution in [1.82, 2.24) is 15.0 Å². The highest BCUT2D eigenvalue weighted by atomic mass is 32.2. The summed E-state index contributed by atoms with van der Waals surface area (Å²) in [7, 11) is 0. The molecule has 0 aliphatic rings. The number of hydrogen-bond donors (Lipinski definition) is 2. The third-order valence-corrected chi connectivity index (χ3v) is 2.87. The zero-order chi connectivity index (χ0) is 12.8. The van der Waals surface area contributed by atoms with Gasteiger partial charge in [0.2, 0.25) is 11.9 Å². The van der Waals surface area contributed by atoms with Crippen LogP contribution in [0, 0.1) is 0 Å². The summed E-state index contributed by atoms with van der Waals surface area (Å²) in [5, 5.41) is 3.33. The van der Waals surface area contributed by atoms with Crippen LogP contribution in [0.1, 0.15) is 0 Å². The third kappa shape index (κ3) is 3.70. The number of aromatic nitrogens is 3. The van der Waals surface area contributed by atoms with Gasteiger partial charge in [-0.3, -0.25) is 10.1 Å². The molecule has 2 aromatic heterocycles. The molecule has 0 bridgehead atoms. The minimum Gasteiger partial charge on any atom is -0.397 e. The van der Waals surface area contributed by atoms with E-state index in [-0.39, 0.29) is 11.7 Å². The van der Waals surface area contributed by atoms with E-state index in [4.69, 9.17) is 5.73 Å². The summed E-state index contributed by atoms with van der Waals surface area (Å²) in [6, 6.07) is 5.20. The molecule has 1 amide bonds. The number of rotatable bonds is 4. The predicted molar refractivity (Wildman–Crippen MR) is 70.0 cm³/mol. The maximum Gasteiger partial charge on any atom is 0.237 e. The average molecular weight is 261 g/mol. The number of nitrogens with one attached hydrogen (secondary N) is 1. The number of pyridine rings is 1. The van der Waals surface area contributed by atoms with Crippen LogP contribution in [0.15, 0.2) is 41.8 Å². The Labute approximate surface area is 108 Å². The highest BCUT2D eigenvalue weighted by molar-refractivity contribution is 7.99. The normalized spacial score (nSPS) is 10.0. The van der Waals surface area contributed by atoms with Crippen LogP contribution in [-0.2, 0) is 4.79 Å². The number of nitrogen functional groups attached to an aromatic ring is 1. The van der Waals surface area contributed by atoms with Crippen molar-refractivity contribution in [3.63, 3.8) is 0 Å². The lowest BCUT2D eigenvalue weighted by atomic mass is 10.4. The Balaban J connectivity index is 1.83. The van der Waals surface area contributed by atoms with Gasteiger partial charge in [0.1, 0.15) is 0 Å². The van der Waals surface area contributed by atoms with Crippen LogP contribution >= 0.6 is 11.8 Å². The fourth-order valence-corrected chi connectivity index (χ4v) is 1.78. The molecule has 0 radical (unpaired) electrons. The molecular formula is C11H11N5OS. The number of nitrogens with two attached hydrogens (primary N) is 1. The van der Waals surface area contributed by atoms with Crippen molar-refractivity contribution < 1.29 is 4.79 Å². The fraction of sp³-hybridized carbons (Fsp3) is 0.0909. The van der Waals surface area contributed by atoms with Crippen LogP contribution in [0.25, 0.3) is 0 Å². The van der Waals surface area contributed by atoms with Crippen molar-refractivity contribution in [2.24, 2.45) is 0 Å². The second-order valence-electron chi connectivity index (χ2n) is 3.34. The van der Waals surface area contributed by atoms with E-state index in [1.54, 1.807) is 36.8 Å². The van der Waals surface area contributed by atoms with Crippen molar-refractivity contribution in [3.8, 4) is 0 Å². The summed E-state index contributed by atoms with van der Waals surface area (Å²) in [5.41, 5.74) is 6.12. The SMILES string of the molecule is Nc1ccc(SCC(=O)Nc2ncccn2)nc1. The van der Waals surface area contributed by atoms with E-state index < -0.39 is 0 Å². The smallest absolute Gasteiger partial charge is 0.237 e. The van der Waals surface area contributed by atoms with Crippen LogP contribution in [0.5, 0.6) is 0 Å². The van der Waals surface area contributed by atoms with E-state index in [1.165, 1.54) is 11.8 Å². The van der Waals surface area contributed by atoms with Gasteiger partial charge in [-0.25, -0.2) is 15.0 Å². The van der Waals surface area contributed by atoms with Gasteiger partial charge in [0.15, 0.2) is 0 Å². The molecule has 0 aliphatic carbocycles. The molecule has 3 N–H and O–H groups in total. The topological polar surface area (TPSA) is 93.8 Å². The second-order valence-corrected chi connectivity index (χ2v) is 4.33. The van der Waals surface area contributed by atoms with E-state index in [0.29, 0.717) is 11.6 Å². The molecular weight excluding hydrogens is 250 g/mol. The number of anilines is 2. The molecule has 2 heterocycles. The number of nitrogens with zero attached hydrogens (tertiary/aromatic N) is 3. The largest absolute Gasteiger partial charge is 0.397 e. The Bertz CT molecular complexity index is 517. The van der Waals surface area contributed by atoms with Gasteiger partial charge in [-0.2, -0.15) is 0 Å². The van der Waals surface area contributed by atoms with Crippen LogP contribution in [0.3, 0.4) is 0 Å². The summed E-state index contributed by atoms with van der Waals surface area (Å²) in [4.78, 5) is 23.5. The zero-order valence-corrected chi connectivity index (χ0v) is 10.2. The lowest BCUT2D eigenvalue weighted by molar-refractivity contribution is -0.113. The van der Waals surface area contributed by atoms with E-state index in [0.717, 1.165) is 5.03 Å². The molecule has 2 rings (SSSR count). The van der Waals surface area contributed by atoms with Gasteiger partial charge in [0.05, 0.1) is 22.7 Å². The first-order valence-corrected chi connectivity index (χ1v) is 6.14. The van der Waals surface area contributed by atoms with Crippen LogP contribution in [0.4, 0.5) is 11.6 Å². The molecule has 0 aliphatic heterocycles. The first kappa shape index (κ1) is 12.3. The highest BCUT2D eigenvalue weighted by Crippen LogP contribution is 2.15. The standard InChI is InChI=1S/C11H11N5OS/c12-8-2-3-10(15-6-8)18-7-9(17)16-11-13-4-1-5-14-11/h1-6H,7,12H2,(H,13,14,16,17). The van der Waals surface area contributed by atoms with Gasteiger partial charge in [0, 0.05) is 12.4 Å². The van der Waals surface area contributed by atoms with Crippen LogP contribution in [0.2, 0.25) is 0 Å². The van der Waals surface area contributed by atoms with Gasteiger partial charge in [-0.05, 0) is 18.2 Å². The number of thioether (sulfide) groups is 1. The van der Waals surface area contributed by atoms with Crippen molar-refractivity contribution in [1.29, 1.82) is 0 Å². The molecule has 0 spiro atoms. The first-order valence-electron chi connectivity index (χ1n) is 5.15. The molecule has 2 aromatic rings. The Hall–Kier alpha value is -2.15. The number of carbonyl (C=O) groups excluding carboxylic acids is 1. The minimum atomic E-state index is -0.176. The van der Waals surface area contributed by atoms with Crippen molar-refractivity contribution in [3.05, 3.63) is 36.8 Å². The quantitative estimate of drug-likeness (QED) is 0.803. The molecule has 6 nitrogen and oxygen atoms in total. The second kappa shape index (κ2) is 5.97. The van der Waals surface area contributed by atoms with Gasteiger partial charge >= 0.3 is 0 Å². The van der Waals surface area contributed by atoms with E-state index in [2.05, 4.69) is 20.3 Å². The van der Waals surface area contributed by atoms with Crippen LogP contribution < -0.4 is 11.1 Å².